The van der Waals surface area contributed by atoms with Gasteiger partial charge in [0.15, 0.2) is 0 Å². The lowest BCUT2D eigenvalue weighted by atomic mass is 10.1. The fraction of sp³-hybridized carbons (Fsp3) is 0.355. The van der Waals surface area contributed by atoms with Gasteiger partial charge in [-0.1, -0.05) is 59.1 Å². The normalized spacial score (nSPS) is 12.9. The lowest BCUT2D eigenvalue weighted by Crippen LogP contribution is -2.54. The molecule has 43 heavy (non-hydrogen) atoms. The zero-order chi connectivity index (χ0) is 32.3. The molecule has 0 fully saturated rings. The van der Waals surface area contributed by atoms with Crippen molar-refractivity contribution in [2.75, 3.05) is 10.8 Å². The Balaban J connectivity index is 2.13. The fourth-order valence-corrected chi connectivity index (χ4v) is 5.95. The van der Waals surface area contributed by atoms with Gasteiger partial charge < -0.3 is 10.2 Å². The highest BCUT2D eigenvalue weighted by Gasteiger charge is 2.37. The van der Waals surface area contributed by atoms with Gasteiger partial charge in [0.1, 0.15) is 12.6 Å². The number of alkyl halides is 3. The van der Waals surface area contributed by atoms with Crippen LogP contribution in [0.1, 0.15) is 49.9 Å². The number of anilines is 1. The minimum atomic E-state index is -4.88. The lowest BCUT2D eigenvalue weighted by Gasteiger charge is -2.33. The van der Waals surface area contributed by atoms with Crippen molar-refractivity contribution < 1.29 is 31.2 Å². The molecule has 3 rings (SSSR count). The Morgan fingerprint density at radius 1 is 0.930 bits per heavy atom. The quantitative estimate of drug-likeness (QED) is 0.290. The van der Waals surface area contributed by atoms with Crippen molar-refractivity contribution in [3.05, 3.63) is 94.0 Å². The molecule has 0 heterocycles. The third-order valence-electron chi connectivity index (χ3n) is 6.53. The van der Waals surface area contributed by atoms with Crippen LogP contribution >= 0.6 is 11.6 Å². The van der Waals surface area contributed by atoms with Crippen LogP contribution in [0.2, 0.25) is 5.02 Å². The van der Waals surface area contributed by atoms with E-state index < -0.39 is 62.4 Å². The molecular weight excluding hydrogens is 603 g/mol. The summed E-state index contributed by atoms with van der Waals surface area (Å²) in [5.74, 6) is -1.27. The lowest BCUT2D eigenvalue weighted by molar-refractivity contribution is -0.140. The van der Waals surface area contributed by atoms with Crippen molar-refractivity contribution in [1.29, 1.82) is 0 Å². The van der Waals surface area contributed by atoms with Crippen molar-refractivity contribution in [2.45, 2.75) is 70.7 Å². The summed E-state index contributed by atoms with van der Waals surface area (Å²) in [7, 11) is -4.55. The Labute approximate surface area is 255 Å². The van der Waals surface area contributed by atoms with E-state index in [1.165, 1.54) is 24.0 Å². The number of carbonyl (C=O) groups is 2. The van der Waals surface area contributed by atoms with Gasteiger partial charge in [0, 0.05) is 12.1 Å². The molecule has 0 aliphatic carbocycles. The molecule has 12 heteroatoms. The molecule has 0 radical (unpaired) electrons. The summed E-state index contributed by atoms with van der Waals surface area (Å²) in [6, 6.07) is 14.5. The molecule has 3 aromatic carbocycles. The molecule has 1 atom stereocenters. The number of hydrogen-bond acceptors (Lipinski definition) is 4. The van der Waals surface area contributed by atoms with E-state index in [4.69, 9.17) is 11.6 Å². The fourth-order valence-electron chi connectivity index (χ4n) is 4.32. The van der Waals surface area contributed by atoms with E-state index in [0.29, 0.717) is 15.9 Å². The van der Waals surface area contributed by atoms with Crippen LogP contribution in [0.3, 0.4) is 0 Å². The van der Waals surface area contributed by atoms with E-state index in [-0.39, 0.29) is 11.4 Å². The molecule has 0 aromatic heterocycles. The molecule has 0 saturated heterocycles. The number of amides is 2. The SMILES string of the molecule is Cc1ccc(S(=O)(=O)N(CC(=O)N(Cc2cccc(C)c2)[C@H](C)C(=O)NC(C)(C)C)c2ccc(Cl)c(C(F)(F)F)c2)cc1. The summed E-state index contributed by atoms with van der Waals surface area (Å²) >= 11 is 5.81. The Bertz CT molecular complexity index is 1590. The first kappa shape index (κ1) is 33.9. The highest BCUT2D eigenvalue weighted by molar-refractivity contribution is 7.92. The number of aryl methyl sites for hydroxylation is 2. The number of nitrogens with zero attached hydrogens (tertiary/aromatic N) is 2. The topological polar surface area (TPSA) is 86.8 Å². The van der Waals surface area contributed by atoms with Crippen LogP contribution in [-0.2, 0) is 32.3 Å². The van der Waals surface area contributed by atoms with E-state index >= 15 is 0 Å². The van der Waals surface area contributed by atoms with Crippen LogP contribution in [0.25, 0.3) is 0 Å². The molecule has 7 nitrogen and oxygen atoms in total. The van der Waals surface area contributed by atoms with Crippen molar-refractivity contribution in [3.63, 3.8) is 0 Å². The average Bonchev–Trinajstić information content (AvgIpc) is 2.89. The number of carbonyl (C=O) groups excluding carboxylic acids is 2. The summed E-state index contributed by atoms with van der Waals surface area (Å²) < 4.78 is 69.8. The molecule has 0 unspecified atom stereocenters. The highest BCUT2D eigenvalue weighted by atomic mass is 35.5. The first-order chi connectivity index (χ1) is 19.8. The summed E-state index contributed by atoms with van der Waals surface area (Å²) in [5.41, 5.74) is 0.0615. The Kier molecular flexibility index (Phi) is 10.2. The second kappa shape index (κ2) is 13.0. The van der Waals surface area contributed by atoms with Crippen LogP contribution < -0.4 is 9.62 Å². The summed E-state index contributed by atoms with van der Waals surface area (Å²) in [6.07, 6.45) is -4.88. The van der Waals surface area contributed by atoms with Crippen molar-refractivity contribution >= 4 is 39.1 Å². The molecule has 0 aliphatic heterocycles. The van der Waals surface area contributed by atoms with Crippen molar-refractivity contribution in [3.8, 4) is 0 Å². The standard InChI is InChI=1S/C31H35ClF3N3O4S/c1-20-10-13-25(14-11-20)43(41,42)38(24-12-15-27(32)26(17-24)31(33,34)35)19-28(39)37(18-23-9-7-8-21(2)16-23)22(3)29(40)36-30(4,5)6/h7-17,22H,18-19H2,1-6H3,(H,36,40)/t22-/m1/s1. The molecule has 0 bridgehead atoms. The zero-order valence-electron chi connectivity index (χ0n) is 24.8. The molecule has 3 aromatic rings. The predicted octanol–water partition coefficient (Wildman–Crippen LogP) is 6.50. The molecule has 0 aliphatic rings. The van der Waals surface area contributed by atoms with Gasteiger partial charge in [-0.15, -0.1) is 0 Å². The van der Waals surface area contributed by atoms with Gasteiger partial charge >= 0.3 is 6.18 Å². The molecule has 232 valence electrons. The van der Waals surface area contributed by atoms with E-state index in [2.05, 4.69) is 5.32 Å². The molecule has 0 saturated carbocycles. The van der Waals surface area contributed by atoms with Gasteiger partial charge in [0.2, 0.25) is 11.8 Å². The van der Waals surface area contributed by atoms with Gasteiger partial charge in [0.05, 0.1) is 21.2 Å². The molecular formula is C31H35ClF3N3O4S. The first-order valence-corrected chi connectivity index (χ1v) is 15.2. The van der Waals surface area contributed by atoms with Gasteiger partial charge in [-0.05, 0) is 77.4 Å². The Hall–Kier alpha value is -3.57. The number of hydrogen-bond donors (Lipinski definition) is 1. The van der Waals surface area contributed by atoms with Gasteiger partial charge in [-0.3, -0.25) is 13.9 Å². The van der Waals surface area contributed by atoms with Crippen molar-refractivity contribution in [1.82, 2.24) is 10.2 Å². The Morgan fingerprint density at radius 2 is 1.56 bits per heavy atom. The zero-order valence-corrected chi connectivity index (χ0v) is 26.4. The summed E-state index contributed by atoms with van der Waals surface area (Å²) in [5, 5.41) is 2.20. The summed E-state index contributed by atoms with van der Waals surface area (Å²) in [6.45, 7) is 9.52. The second-order valence-electron chi connectivity index (χ2n) is 11.4. The van der Waals surface area contributed by atoms with E-state index in [0.717, 1.165) is 23.3 Å². The van der Waals surface area contributed by atoms with E-state index in [1.807, 2.05) is 19.1 Å². The maximum atomic E-state index is 14.0. The average molecular weight is 638 g/mol. The third kappa shape index (κ3) is 8.73. The van der Waals surface area contributed by atoms with Crippen LogP contribution in [0.4, 0.5) is 18.9 Å². The smallest absolute Gasteiger partial charge is 0.350 e. The minimum Gasteiger partial charge on any atom is -0.350 e. The van der Waals surface area contributed by atoms with Gasteiger partial charge in [-0.25, -0.2) is 8.42 Å². The Morgan fingerprint density at radius 3 is 2.12 bits per heavy atom. The second-order valence-corrected chi connectivity index (χ2v) is 13.7. The number of sulfonamides is 1. The van der Waals surface area contributed by atoms with E-state index in [1.54, 1.807) is 52.0 Å². The minimum absolute atomic E-state index is 0.0495. The van der Waals surface area contributed by atoms with Gasteiger partial charge in [-0.2, -0.15) is 13.2 Å². The van der Waals surface area contributed by atoms with E-state index in [9.17, 15) is 31.2 Å². The number of halogens is 4. The van der Waals surface area contributed by atoms with Crippen LogP contribution in [0.5, 0.6) is 0 Å². The molecule has 1 N–H and O–H groups in total. The monoisotopic (exact) mass is 637 g/mol. The van der Waals surface area contributed by atoms with Crippen molar-refractivity contribution in [2.24, 2.45) is 0 Å². The highest BCUT2D eigenvalue weighted by Crippen LogP contribution is 2.38. The first-order valence-electron chi connectivity index (χ1n) is 13.4. The maximum Gasteiger partial charge on any atom is 0.417 e. The predicted molar refractivity (Wildman–Crippen MR) is 161 cm³/mol. The van der Waals surface area contributed by atoms with Crippen LogP contribution in [0, 0.1) is 13.8 Å². The molecule has 0 spiro atoms. The maximum absolute atomic E-state index is 14.0. The number of rotatable bonds is 9. The number of nitrogens with one attached hydrogen (secondary N) is 1. The van der Waals surface area contributed by atoms with Crippen LogP contribution in [-0.4, -0.2) is 43.3 Å². The summed E-state index contributed by atoms with van der Waals surface area (Å²) in [4.78, 5) is 28.2. The molecule has 2 amide bonds. The van der Waals surface area contributed by atoms with Crippen LogP contribution in [0.15, 0.2) is 71.6 Å². The third-order valence-corrected chi connectivity index (χ3v) is 8.65. The number of benzene rings is 3. The largest absolute Gasteiger partial charge is 0.417 e. The van der Waals surface area contributed by atoms with Gasteiger partial charge in [0.25, 0.3) is 10.0 Å².